The Hall–Kier alpha value is -2.04. The lowest BCUT2D eigenvalue weighted by molar-refractivity contribution is -0.119. The molecule has 2 rings (SSSR count). The summed E-state index contributed by atoms with van der Waals surface area (Å²) in [5.41, 5.74) is 5.90. The lowest BCUT2D eigenvalue weighted by Crippen LogP contribution is -2.47. The summed E-state index contributed by atoms with van der Waals surface area (Å²) in [5, 5.41) is 6.17. The number of halogens is 1. The van der Waals surface area contributed by atoms with Crippen LogP contribution in [0.2, 0.25) is 0 Å². The van der Waals surface area contributed by atoms with Gasteiger partial charge in [0.2, 0.25) is 5.91 Å². The van der Waals surface area contributed by atoms with Crippen LogP contribution < -0.4 is 21.1 Å². The normalized spacial score (nSPS) is 16.6. The van der Waals surface area contributed by atoms with Crippen molar-refractivity contribution in [3.05, 3.63) is 29.8 Å². The molecule has 1 unspecified atom stereocenters. The van der Waals surface area contributed by atoms with E-state index in [-0.39, 0.29) is 41.7 Å². The maximum Gasteiger partial charge on any atom is 0.251 e. The van der Waals surface area contributed by atoms with E-state index in [2.05, 4.69) is 20.5 Å². The lowest BCUT2D eigenvalue weighted by Gasteiger charge is -2.34. The predicted octanol–water partition coefficient (Wildman–Crippen LogP) is 1.60. The van der Waals surface area contributed by atoms with Crippen LogP contribution in [0.4, 0.5) is 0 Å². The molecule has 0 aromatic heterocycles. The molecule has 0 spiro atoms. The summed E-state index contributed by atoms with van der Waals surface area (Å²) >= 11 is 0. The summed E-state index contributed by atoms with van der Waals surface area (Å²) in [6, 6.07) is 7.04. The van der Waals surface area contributed by atoms with Crippen LogP contribution in [0.25, 0.3) is 0 Å². The number of benzene rings is 1. The lowest BCUT2D eigenvalue weighted by atomic mass is 9.95. The van der Waals surface area contributed by atoms with Crippen LogP contribution in [0.1, 0.15) is 36.5 Å². The van der Waals surface area contributed by atoms with Gasteiger partial charge in [-0.25, -0.2) is 0 Å². The first-order valence-corrected chi connectivity index (χ1v) is 9.77. The van der Waals surface area contributed by atoms with E-state index in [9.17, 15) is 9.59 Å². The van der Waals surface area contributed by atoms with E-state index in [0.717, 1.165) is 38.4 Å². The summed E-state index contributed by atoms with van der Waals surface area (Å²) < 4.78 is 5.14. The fourth-order valence-electron chi connectivity index (χ4n) is 3.33. The zero-order chi connectivity index (χ0) is 20.4. The Bertz CT molecular complexity index is 698. The Morgan fingerprint density at radius 3 is 2.83 bits per heavy atom. The molecule has 0 aliphatic carbocycles. The average molecular weight is 517 g/mol. The minimum absolute atomic E-state index is 0. The third kappa shape index (κ3) is 8.46. The third-order valence-corrected chi connectivity index (χ3v) is 4.63. The summed E-state index contributed by atoms with van der Waals surface area (Å²) in [5.74, 6) is 1.32. The molecule has 2 amide bonds. The van der Waals surface area contributed by atoms with Crippen molar-refractivity contribution in [1.82, 2.24) is 15.5 Å². The van der Waals surface area contributed by atoms with E-state index in [1.807, 2.05) is 6.92 Å². The molecule has 1 aliphatic heterocycles. The maximum atomic E-state index is 12.2. The highest BCUT2D eigenvalue weighted by Gasteiger charge is 2.23. The fraction of sp³-hybridized carbons (Fsp3) is 0.550. The number of aliphatic imine (C=N–C) groups is 1. The van der Waals surface area contributed by atoms with Crippen molar-refractivity contribution < 1.29 is 14.3 Å². The van der Waals surface area contributed by atoms with Crippen molar-refractivity contribution in [3.8, 4) is 5.75 Å². The van der Waals surface area contributed by atoms with E-state index in [4.69, 9.17) is 10.5 Å². The predicted molar refractivity (Wildman–Crippen MR) is 125 cm³/mol. The topological polar surface area (TPSA) is 109 Å². The Morgan fingerprint density at radius 1 is 1.34 bits per heavy atom. The highest BCUT2D eigenvalue weighted by molar-refractivity contribution is 14.0. The zero-order valence-electron chi connectivity index (χ0n) is 17.1. The van der Waals surface area contributed by atoms with Gasteiger partial charge in [-0.1, -0.05) is 6.07 Å². The number of piperidine rings is 1. The van der Waals surface area contributed by atoms with Crippen molar-refractivity contribution in [2.45, 2.75) is 26.2 Å². The molecule has 1 heterocycles. The van der Waals surface area contributed by atoms with Gasteiger partial charge in [0.15, 0.2) is 5.96 Å². The Labute approximate surface area is 189 Å². The van der Waals surface area contributed by atoms with E-state index in [0.29, 0.717) is 30.8 Å². The van der Waals surface area contributed by atoms with Crippen molar-refractivity contribution in [3.63, 3.8) is 0 Å². The second-order valence-corrected chi connectivity index (χ2v) is 6.85. The van der Waals surface area contributed by atoms with Gasteiger partial charge in [-0.3, -0.25) is 14.6 Å². The third-order valence-electron chi connectivity index (χ3n) is 4.63. The number of guanidine groups is 1. The Morgan fingerprint density at radius 2 is 2.14 bits per heavy atom. The molecule has 0 radical (unpaired) electrons. The summed E-state index contributed by atoms with van der Waals surface area (Å²) in [4.78, 5) is 30.3. The van der Waals surface area contributed by atoms with Gasteiger partial charge in [0.05, 0.1) is 13.7 Å². The second-order valence-electron chi connectivity index (χ2n) is 6.85. The van der Waals surface area contributed by atoms with Crippen molar-refractivity contribution in [2.75, 3.05) is 39.8 Å². The molecule has 1 aliphatic rings. The number of carbonyl (C=O) groups excluding carboxylic acids is 2. The molecule has 8 nitrogen and oxygen atoms in total. The van der Waals surface area contributed by atoms with Crippen LogP contribution in [0.5, 0.6) is 5.75 Å². The molecular formula is C20H32IN5O3. The Kier molecular flexibility index (Phi) is 11.4. The monoisotopic (exact) mass is 517 g/mol. The van der Waals surface area contributed by atoms with Gasteiger partial charge in [-0.2, -0.15) is 0 Å². The minimum Gasteiger partial charge on any atom is -0.497 e. The SMILES string of the molecule is CCNC(=NCCNC(=O)c1cccc(OC)c1)N1CCCC(CC(N)=O)C1.I. The zero-order valence-corrected chi connectivity index (χ0v) is 19.5. The van der Waals surface area contributed by atoms with E-state index in [1.54, 1.807) is 31.4 Å². The smallest absolute Gasteiger partial charge is 0.251 e. The number of rotatable bonds is 8. The number of nitrogens with one attached hydrogen (secondary N) is 2. The molecule has 1 atom stereocenters. The van der Waals surface area contributed by atoms with Crippen LogP contribution in [-0.4, -0.2) is 62.5 Å². The number of hydrogen-bond acceptors (Lipinski definition) is 4. The first-order chi connectivity index (χ1) is 13.5. The van der Waals surface area contributed by atoms with Crippen LogP contribution in [0.15, 0.2) is 29.3 Å². The molecule has 1 fully saturated rings. The van der Waals surface area contributed by atoms with Gasteiger partial charge in [-0.05, 0) is 43.9 Å². The van der Waals surface area contributed by atoms with Gasteiger partial charge >= 0.3 is 0 Å². The number of likely N-dealkylation sites (tertiary alicyclic amines) is 1. The molecule has 1 aromatic rings. The molecular weight excluding hydrogens is 485 g/mol. The number of primary amides is 1. The number of hydrogen-bond donors (Lipinski definition) is 3. The molecule has 4 N–H and O–H groups in total. The van der Waals surface area contributed by atoms with Crippen LogP contribution in [0.3, 0.4) is 0 Å². The van der Waals surface area contributed by atoms with Crippen molar-refractivity contribution in [2.24, 2.45) is 16.6 Å². The minimum atomic E-state index is -0.256. The van der Waals surface area contributed by atoms with Gasteiger partial charge < -0.3 is 26.0 Å². The quantitative estimate of drug-likeness (QED) is 0.210. The standard InChI is InChI=1S/C20H31N5O3.HI/c1-3-22-20(25-11-5-6-15(14-25)12-18(21)26)24-10-9-23-19(27)16-7-4-8-17(13-16)28-2;/h4,7-8,13,15H,3,5-6,9-12,14H2,1-2H3,(H2,21,26)(H,22,24)(H,23,27);1H. The molecule has 162 valence electrons. The average Bonchev–Trinajstić information content (AvgIpc) is 2.70. The van der Waals surface area contributed by atoms with Crippen LogP contribution >= 0.6 is 24.0 Å². The maximum absolute atomic E-state index is 12.2. The van der Waals surface area contributed by atoms with Crippen molar-refractivity contribution >= 4 is 41.8 Å². The number of carbonyl (C=O) groups is 2. The summed E-state index contributed by atoms with van der Waals surface area (Å²) in [6.45, 7) is 5.34. The number of amides is 2. The Balaban J connectivity index is 0.00000420. The highest BCUT2D eigenvalue weighted by atomic mass is 127. The van der Waals surface area contributed by atoms with Gasteiger partial charge in [0.25, 0.3) is 5.91 Å². The first kappa shape index (κ1) is 25.0. The second kappa shape index (κ2) is 13.2. The summed E-state index contributed by atoms with van der Waals surface area (Å²) in [7, 11) is 1.57. The highest BCUT2D eigenvalue weighted by Crippen LogP contribution is 2.19. The van der Waals surface area contributed by atoms with E-state index in [1.165, 1.54) is 0 Å². The largest absolute Gasteiger partial charge is 0.497 e. The van der Waals surface area contributed by atoms with Gasteiger partial charge in [-0.15, -0.1) is 24.0 Å². The summed E-state index contributed by atoms with van der Waals surface area (Å²) in [6.07, 6.45) is 2.43. The van der Waals surface area contributed by atoms with E-state index >= 15 is 0 Å². The van der Waals surface area contributed by atoms with Gasteiger partial charge in [0, 0.05) is 38.2 Å². The van der Waals surface area contributed by atoms with Crippen LogP contribution in [0, 0.1) is 5.92 Å². The number of nitrogens with zero attached hydrogens (tertiary/aromatic N) is 2. The van der Waals surface area contributed by atoms with E-state index < -0.39 is 0 Å². The van der Waals surface area contributed by atoms with Crippen LogP contribution in [-0.2, 0) is 4.79 Å². The first-order valence-electron chi connectivity index (χ1n) is 9.77. The van der Waals surface area contributed by atoms with Crippen molar-refractivity contribution in [1.29, 1.82) is 0 Å². The molecule has 9 heteroatoms. The number of ether oxygens (including phenoxy) is 1. The number of methoxy groups -OCH3 is 1. The number of nitrogens with two attached hydrogens (primary N) is 1. The fourth-order valence-corrected chi connectivity index (χ4v) is 3.33. The molecule has 1 saturated heterocycles. The molecule has 29 heavy (non-hydrogen) atoms. The molecule has 1 aromatic carbocycles. The molecule has 0 saturated carbocycles. The molecule has 0 bridgehead atoms. The van der Waals surface area contributed by atoms with Gasteiger partial charge in [0.1, 0.15) is 5.75 Å².